The van der Waals surface area contributed by atoms with Crippen LogP contribution in [0.1, 0.15) is 78.6 Å². The van der Waals surface area contributed by atoms with Crippen LogP contribution in [0.15, 0.2) is 0 Å². The number of amides is 9. The van der Waals surface area contributed by atoms with Crippen LogP contribution >= 0.6 is 22.6 Å². The summed E-state index contributed by atoms with van der Waals surface area (Å²) in [5.74, 6) is -6.25. The Morgan fingerprint density at radius 3 is 0.911 bits per heavy atom. The lowest BCUT2D eigenvalue weighted by Gasteiger charge is -2.42. The highest BCUT2D eigenvalue weighted by Crippen LogP contribution is 2.25. The van der Waals surface area contributed by atoms with Crippen molar-refractivity contribution in [1.29, 1.82) is 0 Å². The minimum atomic E-state index is -1.49. The molecule has 0 aromatic carbocycles. The molecule has 9 amide bonds. The first-order valence-corrected chi connectivity index (χ1v) is 38.1. The Balaban J connectivity index is 1.52. The predicted molar refractivity (Wildman–Crippen MR) is 390 cm³/mol. The summed E-state index contributed by atoms with van der Waals surface area (Å²) in [6.07, 6.45) is -14.3. The van der Waals surface area contributed by atoms with E-state index in [-0.39, 0.29) is 201 Å². The maximum Gasteiger partial charge on any atom is 0.326 e. The van der Waals surface area contributed by atoms with Gasteiger partial charge in [-0.05, 0) is 57.8 Å². The summed E-state index contributed by atoms with van der Waals surface area (Å²) in [5.41, 5.74) is 0. The molecule has 3 fully saturated rings. The molecular formula is C67H118IN9O35. The number of carbonyl (C=O) groups excluding carboxylic acids is 9. The smallest absolute Gasteiger partial charge is 0.326 e. The molecule has 0 spiro atoms. The quantitative estimate of drug-likeness (QED) is 0.0116. The van der Waals surface area contributed by atoms with Crippen LogP contribution in [0.4, 0.5) is 4.79 Å². The number of ether oxygens (including phenoxy) is 15. The zero-order valence-corrected chi connectivity index (χ0v) is 65.6. The monoisotopic (exact) mass is 1740 g/mol. The first kappa shape index (κ1) is 101. The third kappa shape index (κ3) is 42.4. The fourth-order valence-electron chi connectivity index (χ4n) is 11.1. The van der Waals surface area contributed by atoms with Crippen molar-refractivity contribution >= 4 is 79.7 Å². The number of hydrogen-bond donors (Lipinski definition) is 19. The second-order valence-corrected chi connectivity index (χ2v) is 26.7. The van der Waals surface area contributed by atoms with Crippen LogP contribution in [0.25, 0.3) is 0 Å². The molecule has 19 N–H and O–H groups in total. The molecule has 0 radical (unpaired) electrons. The van der Waals surface area contributed by atoms with Crippen molar-refractivity contribution in [2.24, 2.45) is 0 Å². The van der Waals surface area contributed by atoms with Crippen molar-refractivity contribution < 1.29 is 170 Å². The first-order valence-electron chi connectivity index (χ1n) is 37.1. The van der Waals surface area contributed by atoms with Gasteiger partial charge in [0.25, 0.3) is 3.91 Å². The molecular weight excluding hydrogens is 1620 g/mol. The summed E-state index contributed by atoms with van der Waals surface area (Å²) in [7, 11) is 0. The Hall–Kier alpha value is -5.53. The van der Waals surface area contributed by atoms with E-state index in [1.807, 2.05) is 0 Å². The number of aliphatic hydroxyl groups excluding tert-OH is 9. The average molecular weight is 1740 g/mol. The number of carbonyl (C=O) groups is 10. The van der Waals surface area contributed by atoms with Crippen molar-refractivity contribution in [2.45, 2.75) is 189 Å². The highest BCUT2D eigenvalue weighted by atomic mass is 127. The van der Waals surface area contributed by atoms with Crippen molar-refractivity contribution in [3.63, 3.8) is 0 Å². The number of carboxylic acids is 1. The highest BCUT2D eigenvalue weighted by molar-refractivity contribution is 14.1. The van der Waals surface area contributed by atoms with Gasteiger partial charge < -0.3 is 170 Å². The van der Waals surface area contributed by atoms with E-state index in [0.29, 0.717) is 12.8 Å². The Morgan fingerprint density at radius 1 is 0.348 bits per heavy atom. The normalized spacial score (nSPS) is 24.5. The van der Waals surface area contributed by atoms with E-state index in [1.165, 1.54) is 20.8 Å². The number of aliphatic hydroxyl groups is 9. The van der Waals surface area contributed by atoms with Crippen LogP contribution in [0.5, 0.6) is 0 Å². The van der Waals surface area contributed by atoms with Crippen LogP contribution in [0.2, 0.25) is 0 Å². The van der Waals surface area contributed by atoms with Crippen LogP contribution in [0, 0.1) is 0 Å². The second-order valence-electron chi connectivity index (χ2n) is 25.7. The van der Waals surface area contributed by atoms with Gasteiger partial charge in [0, 0.05) is 63.0 Å². The number of hydrogen-bond acceptors (Lipinski definition) is 34. The van der Waals surface area contributed by atoms with Gasteiger partial charge in [-0.3, -0.25) is 43.2 Å². The lowest BCUT2D eigenvalue weighted by molar-refractivity contribution is -0.272. The Morgan fingerprint density at radius 2 is 0.616 bits per heavy atom. The van der Waals surface area contributed by atoms with E-state index in [1.54, 1.807) is 22.6 Å². The number of rotatable bonds is 63. The van der Waals surface area contributed by atoms with Gasteiger partial charge in [-0.25, -0.2) is 4.79 Å². The average Bonchev–Trinajstić information content (AvgIpc) is 0.826. The molecule has 3 heterocycles. The first-order chi connectivity index (χ1) is 53.7. The summed E-state index contributed by atoms with van der Waals surface area (Å²) in [4.78, 5) is 126. The number of unbranched alkanes of at least 4 members (excludes halogenated alkanes) is 3. The van der Waals surface area contributed by atoms with Gasteiger partial charge in [0.05, 0.1) is 139 Å². The van der Waals surface area contributed by atoms with Gasteiger partial charge in [-0.1, -0.05) is 0 Å². The molecule has 0 saturated carbocycles. The molecule has 0 aromatic heterocycles. The molecule has 3 saturated heterocycles. The molecule has 45 heteroatoms. The van der Waals surface area contributed by atoms with Gasteiger partial charge in [0.1, 0.15) is 111 Å². The predicted octanol–water partition coefficient (Wildman–Crippen LogP) is -8.56. The largest absolute Gasteiger partial charge is 0.480 e. The number of nitrogens with one attached hydrogen (secondary N) is 9. The summed E-state index contributed by atoms with van der Waals surface area (Å²) in [6, 6.07) is -7.42. The Kier molecular flexibility index (Phi) is 54.0. The SMILES string of the molecule is CC(=O)N[C@H]1[C@H](OCCOCCOCCOCC(=O)NCCCC[C@H](NC(=O)COCCOCCOCCO[C@@H]2O[C@H](CO)[C@H](O)[C@H](O)[C@H]2NC(C)=O)C(=O)N[C@@H](CCCCNC(=O)COCCOCCOCCO[C@@H]2O[C@H](CO)[C@H](O)[C@H](O)[C@H]2NC(C)=O)C(=O)N[C@@H](CCCCNC(=O)I)C(=O)O)O[C@H](CO)[C@H](O)[C@@H]1O. The topological polar surface area (TPSA) is 620 Å². The fourth-order valence-corrected chi connectivity index (χ4v) is 11.3. The molecule has 0 aromatic rings. The van der Waals surface area contributed by atoms with E-state index in [0.717, 1.165) is 0 Å². The third-order valence-electron chi connectivity index (χ3n) is 16.8. The van der Waals surface area contributed by atoms with Crippen LogP contribution in [-0.2, 0) is 114 Å². The number of aliphatic carboxylic acids is 1. The summed E-state index contributed by atoms with van der Waals surface area (Å²) in [5, 5.41) is 124. The molecule has 3 aliphatic rings. The fraction of sp³-hybridized carbons (Fsp3) is 0.851. The van der Waals surface area contributed by atoms with Crippen molar-refractivity contribution in [3.05, 3.63) is 0 Å². The van der Waals surface area contributed by atoms with E-state index >= 15 is 0 Å². The minimum absolute atomic E-state index is 0.000971. The van der Waals surface area contributed by atoms with E-state index in [9.17, 15) is 99.0 Å². The molecule has 3 aliphatic heterocycles. The maximum atomic E-state index is 14.3. The van der Waals surface area contributed by atoms with Gasteiger partial charge in [-0.2, -0.15) is 0 Å². The van der Waals surface area contributed by atoms with Gasteiger partial charge in [0.15, 0.2) is 18.9 Å². The Labute approximate surface area is 661 Å². The van der Waals surface area contributed by atoms with Crippen LogP contribution < -0.4 is 47.9 Å². The summed E-state index contributed by atoms with van der Waals surface area (Å²) < 4.78 is 82.4. The number of halogens is 1. The molecule has 648 valence electrons. The molecule has 0 unspecified atom stereocenters. The summed E-state index contributed by atoms with van der Waals surface area (Å²) >= 11 is 1.56. The van der Waals surface area contributed by atoms with E-state index in [2.05, 4.69) is 47.9 Å². The maximum absolute atomic E-state index is 14.3. The van der Waals surface area contributed by atoms with Crippen molar-refractivity contribution in [3.8, 4) is 0 Å². The van der Waals surface area contributed by atoms with Crippen LogP contribution in [0.3, 0.4) is 0 Å². The standard InChI is InChI=1S/C67H118IN9O35/c1-40(81)72-52-58(90)55(87)46(34-78)110-64(52)107-31-28-101-19-16-98-22-25-104-37-49(84)69-13-7-4-10-43(75-51(86)39-106-27-24-100-18-21-103-30-33-109-66-54(74-42(3)83)60(92)57(89)48(36-80)112-66)61(93)76-44(62(94)77-45(63(95)96)12-6-9-15-71-67(68)97)11-5-8-14-70-50(85)38-105-26-23-99-17-20-102-29-32-108-65-53(73-41(2)82)59(91)56(88)47(35-79)111-65/h43-48,52-60,64-66,78-80,87-92H,4-39H2,1-3H3,(H,69,84)(H,70,85)(H,71,97)(H,72,81)(H,73,82)(H,74,83)(H,75,86)(H,76,93)(H,77,94)(H,95,96)/t43-,44-,45-,46+,47+,48+,52+,53+,54+,55-,56-,57-,58+,59+,60+,64+,65+,66+/m0/s1. The lowest BCUT2D eigenvalue weighted by Crippen LogP contribution is -2.64. The zero-order valence-electron chi connectivity index (χ0n) is 63.4. The molecule has 18 atom stereocenters. The third-order valence-corrected chi connectivity index (χ3v) is 17.2. The van der Waals surface area contributed by atoms with Crippen molar-refractivity contribution in [1.82, 2.24) is 47.9 Å². The van der Waals surface area contributed by atoms with Crippen LogP contribution in [-0.4, -0.2) is 396 Å². The van der Waals surface area contributed by atoms with Gasteiger partial charge >= 0.3 is 5.97 Å². The van der Waals surface area contributed by atoms with E-state index in [4.69, 9.17) is 71.1 Å². The van der Waals surface area contributed by atoms with E-state index < -0.39 is 190 Å². The van der Waals surface area contributed by atoms with Crippen molar-refractivity contribution in [2.75, 3.05) is 178 Å². The zero-order chi connectivity index (χ0) is 82.6. The molecule has 112 heavy (non-hydrogen) atoms. The molecule has 3 rings (SSSR count). The highest BCUT2D eigenvalue weighted by Gasteiger charge is 2.48. The molecule has 0 bridgehead atoms. The van der Waals surface area contributed by atoms with Gasteiger partial charge in [-0.15, -0.1) is 0 Å². The Bertz CT molecular complexity index is 2700. The minimum Gasteiger partial charge on any atom is -0.480 e. The lowest BCUT2D eigenvalue weighted by atomic mass is 9.97. The number of carboxylic acid groups (broad SMARTS) is 1. The molecule has 44 nitrogen and oxygen atoms in total. The van der Waals surface area contributed by atoms with Gasteiger partial charge in [0.2, 0.25) is 47.3 Å². The summed E-state index contributed by atoms with van der Waals surface area (Å²) in [6.45, 7) is 1.99. The molecule has 0 aliphatic carbocycles. The second kappa shape index (κ2) is 60.0.